The van der Waals surface area contributed by atoms with Gasteiger partial charge in [-0.1, -0.05) is 18.5 Å². The molecule has 0 bridgehead atoms. The Morgan fingerprint density at radius 2 is 2.00 bits per heavy atom. The Kier molecular flexibility index (Phi) is 5.95. The van der Waals surface area contributed by atoms with Gasteiger partial charge in [0.25, 0.3) is 0 Å². The van der Waals surface area contributed by atoms with Crippen molar-refractivity contribution in [1.82, 2.24) is 5.32 Å². The number of halogens is 1. The molecule has 0 fully saturated rings. The second-order valence-corrected chi connectivity index (χ2v) is 4.68. The van der Waals surface area contributed by atoms with Gasteiger partial charge in [0.05, 0.1) is 6.54 Å². The van der Waals surface area contributed by atoms with Gasteiger partial charge in [0.15, 0.2) is 0 Å². The van der Waals surface area contributed by atoms with Crippen molar-refractivity contribution in [3.05, 3.63) is 29.3 Å². The average molecular weight is 271 g/mol. The number of amides is 1. The number of rotatable bonds is 6. The van der Waals surface area contributed by atoms with Gasteiger partial charge in [-0.25, -0.2) is 0 Å². The Bertz CT molecular complexity index is 379. The molecule has 0 aliphatic carbocycles. The molecule has 1 rings (SSSR count). The fraction of sp³-hybridized carbons (Fsp3) is 0.462. The standard InChI is InChI=1S/C13H19ClN2O2/c1-9(10(2)15)13(17)16-7-8-18-12-5-3-11(14)4-6-12/h3-6,9-10H,7-8,15H2,1-2H3,(H,16,17). The number of hydrogen-bond donors (Lipinski definition) is 2. The van der Waals surface area contributed by atoms with E-state index in [1.165, 1.54) is 0 Å². The molecule has 3 N–H and O–H groups in total. The molecule has 0 radical (unpaired) electrons. The molecule has 0 saturated heterocycles. The fourth-order valence-electron chi connectivity index (χ4n) is 1.27. The Morgan fingerprint density at radius 1 is 1.39 bits per heavy atom. The molecule has 2 atom stereocenters. The van der Waals surface area contributed by atoms with Crippen LogP contribution in [0.25, 0.3) is 0 Å². The third-order valence-electron chi connectivity index (χ3n) is 2.69. The first-order valence-corrected chi connectivity index (χ1v) is 6.30. The quantitative estimate of drug-likeness (QED) is 0.775. The van der Waals surface area contributed by atoms with Gasteiger partial charge in [-0.2, -0.15) is 0 Å². The first kappa shape index (κ1) is 14.8. The van der Waals surface area contributed by atoms with Crippen LogP contribution in [0.3, 0.4) is 0 Å². The molecule has 1 aromatic rings. The van der Waals surface area contributed by atoms with Gasteiger partial charge in [0.1, 0.15) is 12.4 Å². The van der Waals surface area contributed by atoms with Crippen LogP contribution in [0.5, 0.6) is 5.75 Å². The lowest BCUT2D eigenvalue weighted by Crippen LogP contribution is -2.40. The smallest absolute Gasteiger partial charge is 0.224 e. The summed E-state index contributed by atoms with van der Waals surface area (Å²) in [4.78, 5) is 11.6. The summed E-state index contributed by atoms with van der Waals surface area (Å²) in [5, 5.41) is 3.44. The van der Waals surface area contributed by atoms with Gasteiger partial charge in [-0.15, -0.1) is 0 Å². The number of hydrogen-bond acceptors (Lipinski definition) is 3. The van der Waals surface area contributed by atoms with E-state index in [-0.39, 0.29) is 17.9 Å². The van der Waals surface area contributed by atoms with Gasteiger partial charge in [-0.05, 0) is 31.2 Å². The maximum atomic E-state index is 11.6. The zero-order valence-electron chi connectivity index (χ0n) is 10.7. The van der Waals surface area contributed by atoms with Crippen LogP contribution in [0.15, 0.2) is 24.3 Å². The zero-order valence-corrected chi connectivity index (χ0v) is 11.4. The highest BCUT2D eigenvalue weighted by molar-refractivity contribution is 6.30. The Hall–Kier alpha value is -1.26. The van der Waals surface area contributed by atoms with Crippen molar-refractivity contribution in [2.75, 3.05) is 13.2 Å². The van der Waals surface area contributed by atoms with Crippen molar-refractivity contribution in [2.45, 2.75) is 19.9 Å². The average Bonchev–Trinajstić information content (AvgIpc) is 2.35. The summed E-state index contributed by atoms with van der Waals surface area (Å²) in [5.74, 6) is 0.485. The summed E-state index contributed by atoms with van der Waals surface area (Å²) in [6, 6.07) is 6.94. The van der Waals surface area contributed by atoms with Crippen LogP contribution in [0.2, 0.25) is 5.02 Å². The highest BCUT2D eigenvalue weighted by Gasteiger charge is 2.15. The minimum Gasteiger partial charge on any atom is -0.492 e. The molecule has 0 saturated carbocycles. The topological polar surface area (TPSA) is 64.4 Å². The van der Waals surface area contributed by atoms with Crippen LogP contribution in [0, 0.1) is 5.92 Å². The van der Waals surface area contributed by atoms with E-state index in [4.69, 9.17) is 22.1 Å². The minimum absolute atomic E-state index is 0.0512. The first-order chi connectivity index (χ1) is 8.50. The Morgan fingerprint density at radius 3 is 2.56 bits per heavy atom. The van der Waals surface area contributed by atoms with E-state index < -0.39 is 0 Å². The second-order valence-electron chi connectivity index (χ2n) is 4.24. The number of ether oxygens (including phenoxy) is 1. The summed E-state index contributed by atoms with van der Waals surface area (Å²) >= 11 is 5.75. The monoisotopic (exact) mass is 270 g/mol. The van der Waals surface area contributed by atoms with Crippen molar-refractivity contribution in [3.8, 4) is 5.75 Å². The maximum Gasteiger partial charge on any atom is 0.224 e. The molecule has 0 aliphatic rings. The maximum absolute atomic E-state index is 11.6. The lowest BCUT2D eigenvalue weighted by Gasteiger charge is -2.15. The van der Waals surface area contributed by atoms with Crippen LogP contribution in [0.1, 0.15) is 13.8 Å². The van der Waals surface area contributed by atoms with Crippen molar-refractivity contribution >= 4 is 17.5 Å². The summed E-state index contributed by atoms with van der Waals surface area (Å²) in [7, 11) is 0. The van der Waals surface area contributed by atoms with E-state index in [1.807, 2.05) is 6.92 Å². The van der Waals surface area contributed by atoms with Crippen LogP contribution in [-0.2, 0) is 4.79 Å². The van der Waals surface area contributed by atoms with E-state index in [9.17, 15) is 4.79 Å². The van der Waals surface area contributed by atoms with Crippen LogP contribution >= 0.6 is 11.6 Å². The second kappa shape index (κ2) is 7.24. The number of carbonyl (C=O) groups excluding carboxylic acids is 1. The summed E-state index contributed by atoms with van der Waals surface area (Å²) < 4.78 is 5.45. The highest BCUT2D eigenvalue weighted by Crippen LogP contribution is 2.15. The lowest BCUT2D eigenvalue weighted by atomic mass is 10.0. The first-order valence-electron chi connectivity index (χ1n) is 5.92. The van der Waals surface area contributed by atoms with Crippen LogP contribution in [-0.4, -0.2) is 25.1 Å². The zero-order chi connectivity index (χ0) is 13.5. The summed E-state index contributed by atoms with van der Waals surface area (Å²) in [6.07, 6.45) is 0. The summed E-state index contributed by atoms with van der Waals surface area (Å²) in [5.41, 5.74) is 5.64. The largest absolute Gasteiger partial charge is 0.492 e. The van der Waals surface area contributed by atoms with Crippen molar-refractivity contribution in [3.63, 3.8) is 0 Å². The van der Waals surface area contributed by atoms with E-state index in [1.54, 1.807) is 31.2 Å². The van der Waals surface area contributed by atoms with Gasteiger partial charge >= 0.3 is 0 Å². The normalized spacial score (nSPS) is 13.8. The van der Waals surface area contributed by atoms with E-state index in [0.29, 0.717) is 18.2 Å². The predicted octanol–water partition coefficient (Wildman–Crippen LogP) is 1.82. The number of benzene rings is 1. The number of carbonyl (C=O) groups is 1. The van der Waals surface area contributed by atoms with Gasteiger partial charge in [-0.3, -0.25) is 4.79 Å². The van der Waals surface area contributed by atoms with Crippen molar-refractivity contribution < 1.29 is 9.53 Å². The fourth-order valence-corrected chi connectivity index (χ4v) is 1.40. The van der Waals surface area contributed by atoms with Gasteiger partial charge in [0.2, 0.25) is 5.91 Å². The molecule has 1 amide bonds. The molecule has 4 nitrogen and oxygen atoms in total. The molecule has 2 unspecified atom stereocenters. The SMILES string of the molecule is CC(N)C(C)C(=O)NCCOc1ccc(Cl)cc1. The van der Waals surface area contributed by atoms with E-state index in [2.05, 4.69) is 5.32 Å². The molecule has 100 valence electrons. The summed E-state index contributed by atoms with van der Waals surface area (Å²) in [6.45, 7) is 4.49. The van der Waals surface area contributed by atoms with E-state index in [0.717, 1.165) is 5.75 Å². The van der Waals surface area contributed by atoms with Crippen molar-refractivity contribution in [2.24, 2.45) is 11.7 Å². The van der Waals surface area contributed by atoms with Gasteiger partial charge < -0.3 is 15.8 Å². The third-order valence-corrected chi connectivity index (χ3v) is 2.94. The molecule has 0 spiro atoms. The Balaban J connectivity index is 2.23. The molecule has 18 heavy (non-hydrogen) atoms. The highest BCUT2D eigenvalue weighted by atomic mass is 35.5. The van der Waals surface area contributed by atoms with Gasteiger partial charge in [0, 0.05) is 17.0 Å². The van der Waals surface area contributed by atoms with Crippen LogP contribution < -0.4 is 15.8 Å². The third kappa shape index (κ3) is 4.94. The predicted molar refractivity (Wildman–Crippen MR) is 72.8 cm³/mol. The molecule has 5 heteroatoms. The minimum atomic E-state index is -0.194. The lowest BCUT2D eigenvalue weighted by molar-refractivity contribution is -0.125. The molecular formula is C13H19ClN2O2. The molecular weight excluding hydrogens is 252 g/mol. The van der Waals surface area contributed by atoms with Crippen LogP contribution in [0.4, 0.5) is 0 Å². The van der Waals surface area contributed by atoms with E-state index >= 15 is 0 Å². The number of nitrogens with one attached hydrogen (secondary N) is 1. The molecule has 1 aromatic carbocycles. The molecule has 0 heterocycles. The molecule has 0 aromatic heterocycles. The molecule has 0 aliphatic heterocycles. The van der Waals surface area contributed by atoms with Crippen molar-refractivity contribution in [1.29, 1.82) is 0 Å². The Labute approximate surface area is 112 Å². The number of nitrogens with two attached hydrogens (primary N) is 1.